The highest BCUT2D eigenvalue weighted by molar-refractivity contribution is 6.37. The Bertz CT molecular complexity index is 1460. The fourth-order valence-corrected chi connectivity index (χ4v) is 4.22. The highest BCUT2D eigenvalue weighted by Gasteiger charge is 2.15. The van der Waals surface area contributed by atoms with Crippen molar-refractivity contribution in [3.05, 3.63) is 94.1 Å². The summed E-state index contributed by atoms with van der Waals surface area (Å²) in [4.78, 5) is 8.77. The second kappa shape index (κ2) is 8.83. The normalized spacial score (nSPS) is 12.0. The van der Waals surface area contributed by atoms with E-state index in [9.17, 15) is 0 Å². The van der Waals surface area contributed by atoms with Crippen molar-refractivity contribution in [3.63, 3.8) is 0 Å². The van der Waals surface area contributed by atoms with Crippen LogP contribution in [-0.2, 0) is 0 Å². The molecule has 2 aromatic heterocycles. The molecule has 0 spiro atoms. The van der Waals surface area contributed by atoms with E-state index in [1.165, 1.54) is 0 Å². The molecule has 0 bridgehead atoms. The number of pyridine rings is 2. The van der Waals surface area contributed by atoms with Crippen LogP contribution in [0.15, 0.2) is 78.9 Å². The Labute approximate surface area is 199 Å². The van der Waals surface area contributed by atoms with Crippen molar-refractivity contribution in [1.29, 1.82) is 0 Å². The standard InChI is InChI=1S/C16H10ClNO2.C9H5Cl2N/c17-12-8-14(18-13-4-2-1-3-11(12)13)10-5-6-15-16(7-10)20-9-19-15;10-7-5-9(11)12-8-4-2-1-3-6(7)8/h1-8H,9H2;1-5H. The van der Waals surface area contributed by atoms with Crippen molar-refractivity contribution in [3.8, 4) is 22.8 Å². The minimum absolute atomic E-state index is 0.269. The van der Waals surface area contributed by atoms with Crippen molar-refractivity contribution in [2.45, 2.75) is 0 Å². The molecule has 3 heterocycles. The average molecular weight is 482 g/mol. The van der Waals surface area contributed by atoms with Crippen molar-refractivity contribution >= 4 is 56.6 Å². The molecule has 0 saturated carbocycles. The lowest BCUT2D eigenvalue weighted by Gasteiger charge is -2.06. The number of benzene rings is 3. The lowest BCUT2D eigenvalue weighted by molar-refractivity contribution is 0.174. The molecule has 1 aliphatic rings. The highest BCUT2D eigenvalue weighted by atomic mass is 35.5. The largest absolute Gasteiger partial charge is 0.454 e. The van der Waals surface area contributed by atoms with Crippen LogP contribution in [0.2, 0.25) is 15.2 Å². The topological polar surface area (TPSA) is 44.2 Å². The van der Waals surface area contributed by atoms with E-state index >= 15 is 0 Å². The summed E-state index contributed by atoms with van der Waals surface area (Å²) in [6.07, 6.45) is 0. The SMILES string of the molecule is Clc1cc(-c2ccc3c(c2)OCO3)nc2ccccc12.Clc1cc(Cl)c2ccccc2n1. The van der Waals surface area contributed by atoms with Crippen LogP contribution in [0, 0.1) is 0 Å². The zero-order valence-corrected chi connectivity index (χ0v) is 18.8. The van der Waals surface area contributed by atoms with Gasteiger partial charge in [-0.25, -0.2) is 9.97 Å². The maximum absolute atomic E-state index is 6.33. The van der Waals surface area contributed by atoms with Crippen LogP contribution in [0.4, 0.5) is 0 Å². The van der Waals surface area contributed by atoms with Gasteiger partial charge in [-0.1, -0.05) is 71.2 Å². The summed E-state index contributed by atoms with van der Waals surface area (Å²) in [5, 5.41) is 3.66. The Morgan fingerprint density at radius 1 is 0.625 bits per heavy atom. The van der Waals surface area contributed by atoms with Gasteiger partial charge < -0.3 is 9.47 Å². The number of rotatable bonds is 1. The summed E-state index contributed by atoms with van der Waals surface area (Å²) in [5.74, 6) is 1.51. The first-order chi connectivity index (χ1) is 15.6. The molecular formula is C25H15Cl3N2O2. The molecule has 0 N–H and O–H groups in total. The Kier molecular flexibility index (Phi) is 5.75. The molecule has 0 atom stereocenters. The van der Waals surface area contributed by atoms with Gasteiger partial charge in [0.25, 0.3) is 0 Å². The average Bonchev–Trinajstić information content (AvgIpc) is 3.27. The van der Waals surface area contributed by atoms with E-state index in [0.29, 0.717) is 15.2 Å². The second-order valence-electron chi connectivity index (χ2n) is 7.02. The predicted octanol–water partition coefficient (Wildman–Crippen LogP) is 7.83. The van der Waals surface area contributed by atoms with Crippen molar-refractivity contribution in [2.24, 2.45) is 0 Å². The molecule has 4 nitrogen and oxygen atoms in total. The van der Waals surface area contributed by atoms with Gasteiger partial charge in [-0.2, -0.15) is 0 Å². The number of para-hydroxylation sites is 2. The molecule has 1 aliphatic heterocycles. The summed E-state index contributed by atoms with van der Waals surface area (Å²) in [6.45, 7) is 0.269. The van der Waals surface area contributed by atoms with Crippen molar-refractivity contribution in [2.75, 3.05) is 6.79 Å². The molecule has 158 valence electrons. The molecule has 0 amide bonds. The monoisotopic (exact) mass is 480 g/mol. The van der Waals surface area contributed by atoms with E-state index in [0.717, 1.165) is 44.6 Å². The van der Waals surface area contributed by atoms with Crippen LogP contribution in [0.3, 0.4) is 0 Å². The van der Waals surface area contributed by atoms with Crippen molar-refractivity contribution in [1.82, 2.24) is 9.97 Å². The van der Waals surface area contributed by atoms with Gasteiger partial charge in [0.1, 0.15) is 5.15 Å². The van der Waals surface area contributed by atoms with Crippen LogP contribution in [0.25, 0.3) is 33.1 Å². The minimum atomic E-state index is 0.269. The molecule has 0 fully saturated rings. The Morgan fingerprint density at radius 3 is 2.00 bits per heavy atom. The lowest BCUT2D eigenvalue weighted by Crippen LogP contribution is -1.92. The summed E-state index contributed by atoms with van der Waals surface area (Å²) >= 11 is 18.0. The van der Waals surface area contributed by atoms with Crippen molar-refractivity contribution < 1.29 is 9.47 Å². The number of aromatic nitrogens is 2. The molecule has 0 saturated heterocycles. The first-order valence-electron chi connectivity index (χ1n) is 9.74. The smallest absolute Gasteiger partial charge is 0.231 e. The third-order valence-electron chi connectivity index (χ3n) is 4.97. The fourth-order valence-electron chi connectivity index (χ4n) is 3.44. The van der Waals surface area contributed by atoms with E-state index in [2.05, 4.69) is 9.97 Å². The summed E-state index contributed by atoms with van der Waals surface area (Å²) in [5.41, 5.74) is 3.50. The molecule has 0 unspecified atom stereocenters. The van der Waals surface area contributed by atoms with E-state index in [-0.39, 0.29) is 6.79 Å². The van der Waals surface area contributed by atoms with Gasteiger partial charge in [0.2, 0.25) is 6.79 Å². The van der Waals surface area contributed by atoms with Gasteiger partial charge in [-0.05, 0) is 42.5 Å². The second-order valence-corrected chi connectivity index (χ2v) is 8.22. The molecule has 6 rings (SSSR count). The number of nitrogens with zero attached hydrogens (tertiary/aromatic N) is 2. The molecule has 3 aromatic carbocycles. The predicted molar refractivity (Wildman–Crippen MR) is 130 cm³/mol. The van der Waals surface area contributed by atoms with E-state index in [1.807, 2.05) is 72.8 Å². The summed E-state index contributed by atoms with van der Waals surface area (Å²) in [7, 11) is 0. The molecule has 5 aromatic rings. The fraction of sp³-hybridized carbons (Fsp3) is 0.0400. The zero-order chi connectivity index (χ0) is 22.1. The van der Waals surface area contributed by atoms with Crippen LogP contribution in [0.1, 0.15) is 0 Å². The third-order valence-corrected chi connectivity index (χ3v) is 5.79. The van der Waals surface area contributed by atoms with E-state index < -0.39 is 0 Å². The maximum atomic E-state index is 6.33. The van der Waals surface area contributed by atoms with Gasteiger partial charge in [0.05, 0.1) is 26.8 Å². The Hall–Kier alpha value is -3.05. The highest BCUT2D eigenvalue weighted by Crippen LogP contribution is 2.36. The number of halogens is 3. The van der Waals surface area contributed by atoms with Gasteiger partial charge in [0, 0.05) is 16.3 Å². The summed E-state index contributed by atoms with van der Waals surface area (Å²) in [6, 6.07) is 24.8. The van der Waals surface area contributed by atoms with Gasteiger partial charge in [0.15, 0.2) is 11.5 Å². The first kappa shape index (κ1) is 20.8. The van der Waals surface area contributed by atoms with Gasteiger partial charge in [-0.15, -0.1) is 0 Å². The molecule has 32 heavy (non-hydrogen) atoms. The number of ether oxygens (including phenoxy) is 2. The maximum Gasteiger partial charge on any atom is 0.231 e. The Morgan fingerprint density at radius 2 is 1.25 bits per heavy atom. The molecule has 0 radical (unpaired) electrons. The zero-order valence-electron chi connectivity index (χ0n) is 16.6. The molecular weight excluding hydrogens is 467 g/mol. The molecule has 7 heteroatoms. The Balaban J connectivity index is 0.000000154. The lowest BCUT2D eigenvalue weighted by atomic mass is 10.1. The quantitative estimate of drug-likeness (QED) is 0.229. The van der Waals surface area contributed by atoms with Gasteiger partial charge in [-0.3, -0.25) is 0 Å². The van der Waals surface area contributed by atoms with Crippen LogP contribution >= 0.6 is 34.8 Å². The third kappa shape index (κ3) is 4.17. The van der Waals surface area contributed by atoms with E-state index in [1.54, 1.807) is 6.07 Å². The minimum Gasteiger partial charge on any atom is -0.454 e. The summed E-state index contributed by atoms with van der Waals surface area (Å²) < 4.78 is 10.7. The molecule has 0 aliphatic carbocycles. The number of hydrogen-bond donors (Lipinski definition) is 0. The number of hydrogen-bond acceptors (Lipinski definition) is 4. The van der Waals surface area contributed by atoms with Gasteiger partial charge >= 0.3 is 0 Å². The van der Waals surface area contributed by atoms with Crippen LogP contribution in [0.5, 0.6) is 11.5 Å². The van der Waals surface area contributed by atoms with Crippen LogP contribution in [-0.4, -0.2) is 16.8 Å². The first-order valence-corrected chi connectivity index (χ1v) is 10.9. The number of fused-ring (bicyclic) bond motifs is 3. The van der Waals surface area contributed by atoms with E-state index in [4.69, 9.17) is 44.3 Å². The van der Waals surface area contributed by atoms with Crippen LogP contribution < -0.4 is 9.47 Å².